The van der Waals surface area contributed by atoms with Gasteiger partial charge in [-0.25, -0.2) is 9.97 Å². The van der Waals surface area contributed by atoms with Crippen molar-refractivity contribution in [1.29, 1.82) is 0 Å². The van der Waals surface area contributed by atoms with Crippen LogP contribution in [0, 0.1) is 0 Å². The lowest BCUT2D eigenvalue weighted by Crippen LogP contribution is -2.46. The molecule has 2 rings (SSSR count). The summed E-state index contributed by atoms with van der Waals surface area (Å²) in [6, 6.07) is 1.17. The molecule has 1 aliphatic rings. The van der Waals surface area contributed by atoms with Crippen molar-refractivity contribution in [3.63, 3.8) is 0 Å². The molecule has 0 aromatic carbocycles. The van der Waals surface area contributed by atoms with Crippen LogP contribution in [0.4, 0.5) is 5.95 Å². The molecule has 0 amide bonds. The van der Waals surface area contributed by atoms with E-state index in [1.807, 2.05) is 0 Å². The van der Waals surface area contributed by atoms with Gasteiger partial charge in [0.2, 0.25) is 5.95 Å². The minimum Gasteiger partial charge on any atom is -0.341 e. The molecule has 1 aromatic heterocycles. The van der Waals surface area contributed by atoms with E-state index in [4.69, 9.17) is 11.6 Å². The fourth-order valence-electron chi connectivity index (χ4n) is 2.44. The fraction of sp³-hybridized carbons (Fsp3) is 0.692. The molecule has 2 heterocycles. The number of nitrogens with zero attached hydrogens (tertiary/aromatic N) is 4. The summed E-state index contributed by atoms with van der Waals surface area (Å²) in [5.74, 6) is 0.766. The second kappa shape index (κ2) is 5.85. The molecule has 1 fully saturated rings. The van der Waals surface area contributed by atoms with Crippen LogP contribution in [0.2, 0.25) is 5.02 Å². The number of hydrogen-bond donors (Lipinski definition) is 0. The monoisotopic (exact) mass is 268 g/mol. The highest BCUT2D eigenvalue weighted by atomic mass is 35.5. The van der Waals surface area contributed by atoms with Crippen LogP contribution in [0.5, 0.6) is 0 Å². The number of aromatic nitrogens is 2. The second-order valence-electron chi connectivity index (χ2n) is 5.17. The van der Waals surface area contributed by atoms with Gasteiger partial charge >= 0.3 is 0 Å². The number of piperidine rings is 1. The molecule has 1 saturated heterocycles. The molecule has 0 saturated carbocycles. The number of halogens is 1. The van der Waals surface area contributed by atoms with Crippen molar-refractivity contribution in [2.45, 2.75) is 38.8 Å². The Labute approximate surface area is 114 Å². The average Bonchev–Trinajstić information content (AvgIpc) is 2.39. The van der Waals surface area contributed by atoms with Gasteiger partial charge in [-0.15, -0.1) is 0 Å². The van der Waals surface area contributed by atoms with Crippen molar-refractivity contribution in [1.82, 2.24) is 14.9 Å². The normalized spacial score (nSPS) is 18.3. The molecular weight excluding hydrogens is 248 g/mol. The topological polar surface area (TPSA) is 32.3 Å². The highest BCUT2D eigenvalue weighted by Crippen LogP contribution is 2.20. The van der Waals surface area contributed by atoms with E-state index in [0.717, 1.165) is 19.0 Å². The summed E-state index contributed by atoms with van der Waals surface area (Å²) in [4.78, 5) is 13.2. The zero-order valence-corrected chi connectivity index (χ0v) is 12.1. The molecule has 0 unspecified atom stereocenters. The van der Waals surface area contributed by atoms with Crippen LogP contribution in [-0.2, 0) is 0 Å². The van der Waals surface area contributed by atoms with E-state index in [1.165, 1.54) is 12.8 Å². The fourth-order valence-corrected chi connectivity index (χ4v) is 2.54. The molecule has 0 bridgehead atoms. The summed E-state index contributed by atoms with van der Waals surface area (Å²) >= 11 is 5.81. The number of anilines is 1. The van der Waals surface area contributed by atoms with Crippen LogP contribution in [0.15, 0.2) is 12.4 Å². The standard InChI is InChI=1S/C13H21ClN4/c1-10(2)18-6-4-12(5-7-18)17(3)13-15-8-11(14)9-16-13/h8-10,12H,4-7H2,1-3H3. The first kappa shape index (κ1) is 13.6. The van der Waals surface area contributed by atoms with Gasteiger partial charge in [-0.05, 0) is 26.7 Å². The molecular formula is C13H21ClN4. The van der Waals surface area contributed by atoms with E-state index in [-0.39, 0.29) is 0 Å². The molecule has 4 nitrogen and oxygen atoms in total. The maximum Gasteiger partial charge on any atom is 0.225 e. The Morgan fingerprint density at radius 3 is 2.33 bits per heavy atom. The average molecular weight is 269 g/mol. The van der Waals surface area contributed by atoms with Gasteiger partial charge in [0.25, 0.3) is 0 Å². The zero-order chi connectivity index (χ0) is 13.1. The Morgan fingerprint density at radius 2 is 1.83 bits per heavy atom. The predicted octanol–water partition coefficient (Wildman–Crippen LogP) is 2.44. The molecule has 0 atom stereocenters. The summed E-state index contributed by atoms with van der Waals surface area (Å²) < 4.78 is 0. The van der Waals surface area contributed by atoms with Gasteiger partial charge in [0.1, 0.15) is 0 Å². The third-order valence-electron chi connectivity index (χ3n) is 3.70. The Bertz CT molecular complexity index is 371. The largest absolute Gasteiger partial charge is 0.341 e. The zero-order valence-electron chi connectivity index (χ0n) is 11.3. The van der Waals surface area contributed by atoms with Crippen LogP contribution < -0.4 is 4.90 Å². The van der Waals surface area contributed by atoms with Crippen LogP contribution in [-0.4, -0.2) is 47.1 Å². The van der Waals surface area contributed by atoms with E-state index >= 15 is 0 Å². The summed E-state index contributed by atoms with van der Waals surface area (Å²) in [5, 5.41) is 0.585. The predicted molar refractivity (Wildman–Crippen MR) is 75.2 cm³/mol. The highest BCUT2D eigenvalue weighted by molar-refractivity contribution is 6.30. The van der Waals surface area contributed by atoms with Gasteiger partial charge < -0.3 is 9.80 Å². The van der Waals surface area contributed by atoms with Crippen LogP contribution in [0.1, 0.15) is 26.7 Å². The van der Waals surface area contributed by atoms with Gasteiger partial charge in [0.15, 0.2) is 0 Å². The molecule has 0 N–H and O–H groups in total. The first-order valence-corrected chi connectivity index (χ1v) is 6.90. The molecule has 18 heavy (non-hydrogen) atoms. The molecule has 0 aliphatic carbocycles. The van der Waals surface area contributed by atoms with Gasteiger partial charge in [-0.3, -0.25) is 0 Å². The van der Waals surface area contributed by atoms with Crippen LogP contribution in [0.25, 0.3) is 0 Å². The molecule has 1 aromatic rings. The van der Waals surface area contributed by atoms with Gasteiger partial charge in [-0.2, -0.15) is 0 Å². The van der Waals surface area contributed by atoms with Crippen molar-refractivity contribution in [3.8, 4) is 0 Å². The number of likely N-dealkylation sites (tertiary alicyclic amines) is 1. The van der Waals surface area contributed by atoms with E-state index in [9.17, 15) is 0 Å². The van der Waals surface area contributed by atoms with Gasteiger partial charge in [0, 0.05) is 32.2 Å². The quantitative estimate of drug-likeness (QED) is 0.843. The summed E-state index contributed by atoms with van der Waals surface area (Å²) in [6.07, 6.45) is 5.65. The molecule has 1 aliphatic heterocycles. The third-order valence-corrected chi connectivity index (χ3v) is 3.89. The first-order chi connectivity index (χ1) is 8.58. The van der Waals surface area contributed by atoms with Crippen molar-refractivity contribution in [2.75, 3.05) is 25.0 Å². The summed E-state index contributed by atoms with van der Waals surface area (Å²) in [7, 11) is 2.07. The molecule has 0 spiro atoms. The molecule has 100 valence electrons. The second-order valence-corrected chi connectivity index (χ2v) is 5.61. The van der Waals surface area contributed by atoms with E-state index in [1.54, 1.807) is 12.4 Å². The highest BCUT2D eigenvalue weighted by Gasteiger charge is 2.24. The van der Waals surface area contributed by atoms with Crippen molar-refractivity contribution in [2.24, 2.45) is 0 Å². The summed E-state index contributed by atoms with van der Waals surface area (Å²) in [6.45, 7) is 6.82. The third kappa shape index (κ3) is 3.12. The number of rotatable bonds is 3. The van der Waals surface area contributed by atoms with Gasteiger partial charge in [-0.1, -0.05) is 11.6 Å². The molecule has 0 radical (unpaired) electrons. The van der Waals surface area contributed by atoms with Crippen molar-refractivity contribution >= 4 is 17.5 Å². The molecule has 5 heteroatoms. The van der Waals surface area contributed by atoms with E-state index < -0.39 is 0 Å². The van der Waals surface area contributed by atoms with Crippen molar-refractivity contribution < 1.29 is 0 Å². The SMILES string of the molecule is CC(C)N1CCC(N(C)c2ncc(Cl)cn2)CC1. The minimum absolute atomic E-state index is 0.529. The Morgan fingerprint density at radius 1 is 1.28 bits per heavy atom. The van der Waals surface area contributed by atoms with Crippen LogP contribution in [0.3, 0.4) is 0 Å². The first-order valence-electron chi connectivity index (χ1n) is 6.52. The maximum atomic E-state index is 5.81. The number of hydrogen-bond acceptors (Lipinski definition) is 4. The van der Waals surface area contributed by atoms with E-state index in [2.05, 4.69) is 40.7 Å². The summed E-state index contributed by atoms with van der Waals surface area (Å²) in [5.41, 5.74) is 0. The minimum atomic E-state index is 0.529. The Kier molecular flexibility index (Phi) is 4.40. The van der Waals surface area contributed by atoms with Crippen molar-refractivity contribution in [3.05, 3.63) is 17.4 Å². The Hall–Kier alpha value is -0.870. The van der Waals surface area contributed by atoms with Gasteiger partial charge in [0.05, 0.1) is 17.4 Å². The maximum absolute atomic E-state index is 5.81. The lowest BCUT2D eigenvalue weighted by atomic mass is 10.0. The lowest BCUT2D eigenvalue weighted by molar-refractivity contribution is 0.171. The Balaban J connectivity index is 1.95. The van der Waals surface area contributed by atoms with Crippen LogP contribution >= 0.6 is 11.6 Å². The smallest absolute Gasteiger partial charge is 0.225 e. The lowest BCUT2D eigenvalue weighted by Gasteiger charge is -2.38. The van der Waals surface area contributed by atoms with E-state index in [0.29, 0.717) is 17.1 Å².